The smallest absolute Gasteiger partial charge is 0.328 e. The lowest BCUT2D eigenvalue weighted by atomic mass is 10.3. The molecule has 3 rings (SSSR count). The van der Waals surface area contributed by atoms with Crippen LogP contribution in [0.3, 0.4) is 0 Å². The Kier molecular flexibility index (Phi) is 8.58. The first-order valence-electron chi connectivity index (χ1n) is 10.8. The van der Waals surface area contributed by atoms with Crippen molar-refractivity contribution >= 4 is 23.0 Å². The van der Waals surface area contributed by atoms with Gasteiger partial charge in [0.25, 0.3) is 0 Å². The van der Waals surface area contributed by atoms with Crippen LogP contribution < -0.4 is 26.2 Å². The molecule has 33 heavy (non-hydrogen) atoms. The first-order chi connectivity index (χ1) is 16.0. The van der Waals surface area contributed by atoms with Crippen molar-refractivity contribution in [3.63, 3.8) is 0 Å². The molecular formula is C21H29N7O5. The second kappa shape index (κ2) is 11.8. The minimum Gasteiger partial charge on any atom is -0.478 e. The third-order valence-corrected chi connectivity index (χ3v) is 4.74. The number of anilines is 1. The predicted molar refractivity (Wildman–Crippen MR) is 121 cm³/mol. The molecule has 0 amide bonds. The summed E-state index contributed by atoms with van der Waals surface area (Å²) in [5.41, 5.74) is 7.17. The zero-order valence-corrected chi connectivity index (χ0v) is 18.8. The Morgan fingerprint density at radius 2 is 2.03 bits per heavy atom. The molecule has 0 unspecified atom stereocenters. The number of unbranched alkanes of at least 4 members (excludes halogenated alkanes) is 1. The zero-order chi connectivity index (χ0) is 23.6. The van der Waals surface area contributed by atoms with Gasteiger partial charge in [0.2, 0.25) is 5.88 Å². The second-order valence-corrected chi connectivity index (χ2v) is 7.27. The Hall–Kier alpha value is -3.67. The number of nitrogen functional groups attached to an aromatic ring is 1. The molecule has 3 heterocycles. The summed E-state index contributed by atoms with van der Waals surface area (Å²) in [7, 11) is 1.35. The summed E-state index contributed by atoms with van der Waals surface area (Å²) in [6, 6.07) is 3.70. The van der Waals surface area contributed by atoms with Crippen molar-refractivity contribution in [2.24, 2.45) is 0 Å². The van der Waals surface area contributed by atoms with E-state index in [0.29, 0.717) is 43.2 Å². The molecule has 12 nitrogen and oxygen atoms in total. The number of nitrogens with one attached hydrogen (secondary N) is 2. The van der Waals surface area contributed by atoms with Gasteiger partial charge >= 0.3 is 17.7 Å². The number of H-pyrrole nitrogens is 1. The lowest BCUT2D eigenvalue weighted by Gasteiger charge is -2.08. The summed E-state index contributed by atoms with van der Waals surface area (Å²) < 4.78 is 17.2. The molecule has 0 saturated carbocycles. The minimum atomic E-state index is -0.350. The van der Waals surface area contributed by atoms with Crippen LogP contribution in [0.2, 0.25) is 0 Å². The molecule has 0 spiro atoms. The van der Waals surface area contributed by atoms with E-state index in [-0.39, 0.29) is 36.6 Å². The topological polar surface area (TPSA) is 159 Å². The maximum Gasteiger partial charge on any atom is 0.328 e. The standard InChI is InChI=1S/C21H29N7O5/c1-3-4-9-33-20-26-18(22)17-19(27-20)28(21(30)25-17)13-14-6-7-15(24-11-14)32-10-5-8-23-12-16(29)31-2/h6-7,11,23H,3-5,8-10,12-13H2,1-2H3,(H,25,30)(H2,22,26,27). The molecule has 3 aromatic rings. The van der Waals surface area contributed by atoms with Crippen molar-refractivity contribution in [2.75, 3.05) is 39.1 Å². The van der Waals surface area contributed by atoms with Crippen LogP contribution in [-0.4, -0.2) is 63.9 Å². The van der Waals surface area contributed by atoms with E-state index < -0.39 is 0 Å². The molecular weight excluding hydrogens is 430 g/mol. The molecule has 4 N–H and O–H groups in total. The van der Waals surface area contributed by atoms with Gasteiger partial charge in [-0.15, -0.1) is 0 Å². The first kappa shape index (κ1) is 24.0. The number of nitrogens with zero attached hydrogens (tertiary/aromatic N) is 4. The van der Waals surface area contributed by atoms with Crippen LogP contribution in [0, 0.1) is 0 Å². The van der Waals surface area contributed by atoms with Crippen molar-refractivity contribution in [1.82, 2.24) is 29.8 Å². The van der Waals surface area contributed by atoms with Crippen LogP contribution >= 0.6 is 0 Å². The Morgan fingerprint density at radius 3 is 2.76 bits per heavy atom. The van der Waals surface area contributed by atoms with Crippen molar-refractivity contribution in [1.29, 1.82) is 0 Å². The van der Waals surface area contributed by atoms with Gasteiger partial charge < -0.3 is 30.2 Å². The molecule has 0 saturated heterocycles. The maximum absolute atomic E-state index is 12.5. The number of carbonyl (C=O) groups excluding carboxylic acids is 1. The van der Waals surface area contributed by atoms with Crippen molar-refractivity contribution in [3.8, 4) is 11.9 Å². The van der Waals surface area contributed by atoms with Gasteiger partial charge in [0.1, 0.15) is 5.52 Å². The van der Waals surface area contributed by atoms with E-state index in [0.717, 1.165) is 18.4 Å². The van der Waals surface area contributed by atoms with Gasteiger partial charge in [-0.1, -0.05) is 19.4 Å². The van der Waals surface area contributed by atoms with E-state index in [2.05, 4.69) is 36.9 Å². The highest BCUT2D eigenvalue weighted by molar-refractivity contribution is 5.81. The summed E-state index contributed by atoms with van der Waals surface area (Å²) in [5, 5.41) is 2.96. The van der Waals surface area contributed by atoms with E-state index in [1.807, 2.05) is 6.07 Å². The van der Waals surface area contributed by atoms with Crippen LogP contribution in [-0.2, 0) is 16.1 Å². The third-order valence-electron chi connectivity index (χ3n) is 4.74. The SMILES string of the molecule is CCCCOc1nc(N)c2[nH]c(=O)n(Cc3ccc(OCCCNCC(=O)OC)nc3)c2n1. The summed E-state index contributed by atoms with van der Waals surface area (Å²) in [5.74, 6) is 0.318. The number of pyridine rings is 1. The number of nitrogens with two attached hydrogens (primary N) is 1. The fourth-order valence-corrected chi connectivity index (χ4v) is 2.96. The third kappa shape index (κ3) is 6.65. The van der Waals surface area contributed by atoms with Gasteiger partial charge in [0.15, 0.2) is 11.5 Å². The van der Waals surface area contributed by atoms with Gasteiger partial charge in [-0.25, -0.2) is 9.78 Å². The van der Waals surface area contributed by atoms with E-state index in [4.69, 9.17) is 15.2 Å². The van der Waals surface area contributed by atoms with Gasteiger partial charge in [0, 0.05) is 12.3 Å². The number of esters is 1. The average Bonchev–Trinajstić information content (AvgIpc) is 3.13. The summed E-state index contributed by atoms with van der Waals surface area (Å²) in [4.78, 5) is 39.0. The molecule has 0 aliphatic rings. The predicted octanol–water partition coefficient (Wildman–Crippen LogP) is 0.856. The summed E-state index contributed by atoms with van der Waals surface area (Å²) in [6.45, 7) is 4.00. The highest BCUT2D eigenvalue weighted by atomic mass is 16.5. The normalized spacial score (nSPS) is 11.0. The molecule has 12 heteroatoms. The number of aromatic nitrogens is 5. The van der Waals surface area contributed by atoms with E-state index in [1.54, 1.807) is 12.3 Å². The highest BCUT2D eigenvalue weighted by Gasteiger charge is 2.15. The number of hydrogen-bond acceptors (Lipinski definition) is 10. The number of methoxy groups -OCH3 is 1. The summed E-state index contributed by atoms with van der Waals surface area (Å²) >= 11 is 0. The molecule has 0 aromatic carbocycles. The molecule has 0 radical (unpaired) electrons. The minimum absolute atomic E-state index is 0.143. The Balaban J connectivity index is 1.60. The van der Waals surface area contributed by atoms with Gasteiger partial charge in [-0.05, 0) is 24.9 Å². The largest absolute Gasteiger partial charge is 0.478 e. The number of aromatic amines is 1. The van der Waals surface area contributed by atoms with E-state index in [1.165, 1.54) is 11.7 Å². The number of fused-ring (bicyclic) bond motifs is 1. The molecule has 0 bridgehead atoms. The molecule has 3 aromatic heterocycles. The van der Waals surface area contributed by atoms with Crippen LogP contribution in [0.15, 0.2) is 23.1 Å². The van der Waals surface area contributed by atoms with Crippen molar-refractivity contribution in [2.45, 2.75) is 32.7 Å². The van der Waals surface area contributed by atoms with E-state index in [9.17, 15) is 9.59 Å². The van der Waals surface area contributed by atoms with Crippen molar-refractivity contribution < 1.29 is 19.0 Å². The molecule has 178 valence electrons. The quantitative estimate of drug-likeness (QED) is 0.247. The monoisotopic (exact) mass is 459 g/mol. The van der Waals surface area contributed by atoms with Crippen LogP contribution in [0.5, 0.6) is 11.9 Å². The van der Waals surface area contributed by atoms with E-state index >= 15 is 0 Å². The number of imidazole rings is 1. The fraction of sp³-hybridized carbons (Fsp3) is 0.476. The second-order valence-electron chi connectivity index (χ2n) is 7.27. The Bertz CT molecular complexity index is 1110. The van der Waals surface area contributed by atoms with Gasteiger partial charge in [-0.3, -0.25) is 9.36 Å². The number of ether oxygens (including phenoxy) is 3. The highest BCUT2D eigenvalue weighted by Crippen LogP contribution is 2.19. The van der Waals surface area contributed by atoms with Gasteiger partial charge in [-0.2, -0.15) is 9.97 Å². The number of rotatable bonds is 13. The summed E-state index contributed by atoms with van der Waals surface area (Å²) in [6.07, 6.45) is 4.19. The van der Waals surface area contributed by atoms with Crippen LogP contribution in [0.4, 0.5) is 5.82 Å². The lowest BCUT2D eigenvalue weighted by Crippen LogP contribution is -2.25. The Morgan fingerprint density at radius 1 is 1.21 bits per heavy atom. The van der Waals surface area contributed by atoms with Crippen LogP contribution in [0.25, 0.3) is 11.2 Å². The fourth-order valence-electron chi connectivity index (χ4n) is 2.96. The van der Waals surface area contributed by atoms with Crippen LogP contribution in [0.1, 0.15) is 31.7 Å². The van der Waals surface area contributed by atoms with Gasteiger partial charge in [0.05, 0.1) is 33.4 Å². The molecule has 0 aliphatic heterocycles. The average molecular weight is 460 g/mol. The lowest BCUT2D eigenvalue weighted by molar-refractivity contribution is -0.139. The number of carbonyl (C=O) groups is 1. The van der Waals surface area contributed by atoms with Crippen molar-refractivity contribution in [3.05, 3.63) is 34.4 Å². The maximum atomic E-state index is 12.5. The first-order valence-corrected chi connectivity index (χ1v) is 10.8. The molecule has 0 fully saturated rings. The number of hydrogen-bond donors (Lipinski definition) is 3. The molecule has 0 atom stereocenters. The Labute approximate surface area is 190 Å². The molecule has 0 aliphatic carbocycles. The zero-order valence-electron chi connectivity index (χ0n) is 18.8.